The highest BCUT2D eigenvalue weighted by atomic mass is 16.3. The second-order valence-corrected chi connectivity index (χ2v) is 7.93. The summed E-state index contributed by atoms with van der Waals surface area (Å²) >= 11 is 0. The molecule has 4 rings (SSSR count). The number of piperazine rings is 1. The summed E-state index contributed by atoms with van der Waals surface area (Å²) in [7, 11) is 0. The van der Waals surface area contributed by atoms with Crippen LogP contribution in [0.1, 0.15) is 27.6 Å². The number of fused-ring (bicyclic) bond motifs is 1. The SMILES string of the molecule is C[C@@H]1CN(C(=O)c2ccccc2)CCN1C(=O)C(=O)c1c[nH]c2c(NC(=O)CO)cccc12. The maximum atomic E-state index is 13.1. The van der Waals surface area contributed by atoms with Gasteiger partial charge >= 0.3 is 0 Å². The normalized spacial score (nSPS) is 16.0. The van der Waals surface area contributed by atoms with Crippen molar-refractivity contribution in [1.82, 2.24) is 14.8 Å². The molecule has 2 aromatic carbocycles. The van der Waals surface area contributed by atoms with E-state index in [1.807, 2.05) is 13.0 Å². The summed E-state index contributed by atoms with van der Waals surface area (Å²) in [6, 6.07) is 13.6. The van der Waals surface area contributed by atoms with Gasteiger partial charge in [0.15, 0.2) is 0 Å². The summed E-state index contributed by atoms with van der Waals surface area (Å²) in [4.78, 5) is 56.5. The maximum Gasteiger partial charge on any atom is 0.295 e. The van der Waals surface area contributed by atoms with Crippen molar-refractivity contribution in [2.75, 3.05) is 31.6 Å². The van der Waals surface area contributed by atoms with Crippen LogP contribution in [0.2, 0.25) is 0 Å². The van der Waals surface area contributed by atoms with Crippen LogP contribution in [0.15, 0.2) is 54.7 Å². The number of aromatic nitrogens is 1. The molecule has 170 valence electrons. The molecule has 0 saturated carbocycles. The van der Waals surface area contributed by atoms with Crippen LogP contribution < -0.4 is 5.32 Å². The molecule has 1 atom stereocenters. The number of aliphatic hydroxyl groups is 1. The molecule has 33 heavy (non-hydrogen) atoms. The third kappa shape index (κ3) is 4.35. The lowest BCUT2D eigenvalue weighted by Gasteiger charge is -2.39. The van der Waals surface area contributed by atoms with Crippen LogP contribution in [0.25, 0.3) is 10.9 Å². The molecule has 1 aliphatic heterocycles. The van der Waals surface area contributed by atoms with Crippen molar-refractivity contribution in [2.45, 2.75) is 13.0 Å². The molecule has 0 spiro atoms. The summed E-state index contributed by atoms with van der Waals surface area (Å²) < 4.78 is 0. The minimum absolute atomic E-state index is 0.102. The Labute approximate surface area is 190 Å². The van der Waals surface area contributed by atoms with Gasteiger partial charge in [-0.2, -0.15) is 0 Å². The molecule has 3 aromatic rings. The maximum absolute atomic E-state index is 13.1. The summed E-state index contributed by atoms with van der Waals surface area (Å²) in [5, 5.41) is 12.0. The molecule has 0 bridgehead atoms. The number of amides is 3. The van der Waals surface area contributed by atoms with Crippen molar-refractivity contribution in [3.05, 3.63) is 65.9 Å². The molecule has 1 saturated heterocycles. The molecule has 2 heterocycles. The monoisotopic (exact) mass is 448 g/mol. The Bertz CT molecular complexity index is 1220. The Morgan fingerprint density at radius 2 is 1.82 bits per heavy atom. The van der Waals surface area contributed by atoms with Crippen LogP contribution in [-0.4, -0.2) is 75.7 Å². The minimum Gasteiger partial charge on any atom is -0.387 e. The smallest absolute Gasteiger partial charge is 0.295 e. The standard InChI is InChI=1S/C24H24N4O5/c1-15-13-27(23(32)16-6-3-2-4-7-16)10-11-28(15)24(33)22(31)18-12-25-21-17(18)8-5-9-19(21)26-20(30)14-29/h2-9,12,15,25,29H,10-11,13-14H2,1H3,(H,26,30)/t15-/m1/s1. The highest BCUT2D eigenvalue weighted by Crippen LogP contribution is 2.26. The number of ketones is 1. The van der Waals surface area contributed by atoms with E-state index < -0.39 is 24.2 Å². The van der Waals surface area contributed by atoms with Gasteiger partial charge in [0, 0.05) is 42.8 Å². The number of aliphatic hydroxyl groups excluding tert-OH is 1. The lowest BCUT2D eigenvalue weighted by Crippen LogP contribution is -2.56. The molecule has 1 aromatic heterocycles. The van der Waals surface area contributed by atoms with Crippen LogP contribution in [-0.2, 0) is 9.59 Å². The van der Waals surface area contributed by atoms with Gasteiger partial charge in [0.25, 0.3) is 17.6 Å². The molecule has 1 fully saturated rings. The van der Waals surface area contributed by atoms with E-state index in [1.165, 1.54) is 11.1 Å². The van der Waals surface area contributed by atoms with E-state index in [0.717, 1.165) is 0 Å². The summed E-state index contributed by atoms with van der Waals surface area (Å²) in [5.74, 6) is -1.99. The van der Waals surface area contributed by atoms with Gasteiger partial charge < -0.3 is 25.2 Å². The number of carbonyl (C=O) groups excluding carboxylic acids is 4. The molecule has 3 amide bonds. The molecule has 0 aliphatic carbocycles. The number of anilines is 1. The van der Waals surface area contributed by atoms with E-state index >= 15 is 0 Å². The number of Topliss-reactive ketones (excluding diaryl/α,β-unsaturated/α-hetero) is 1. The Morgan fingerprint density at radius 3 is 2.52 bits per heavy atom. The van der Waals surface area contributed by atoms with Gasteiger partial charge in [-0.1, -0.05) is 30.3 Å². The van der Waals surface area contributed by atoms with Crippen LogP contribution in [0, 0.1) is 0 Å². The zero-order valence-electron chi connectivity index (χ0n) is 18.1. The first-order valence-corrected chi connectivity index (χ1v) is 10.6. The number of para-hydroxylation sites is 1. The molecule has 9 heteroatoms. The number of hydrogen-bond acceptors (Lipinski definition) is 5. The Hall–Kier alpha value is -3.98. The zero-order chi connectivity index (χ0) is 23.5. The number of rotatable bonds is 5. The number of carbonyl (C=O) groups is 4. The molecular formula is C24H24N4O5. The van der Waals surface area contributed by atoms with Crippen molar-refractivity contribution in [3.63, 3.8) is 0 Å². The average molecular weight is 448 g/mol. The number of aromatic amines is 1. The fraction of sp³-hybridized carbons (Fsp3) is 0.250. The van der Waals surface area contributed by atoms with Crippen LogP contribution >= 0.6 is 0 Å². The van der Waals surface area contributed by atoms with E-state index in [4.69, 9.17) is 5.11 Å². The van der Waals surface area contributed by atoms with E-state index in [9.17, 15) is 19.2 Å². The predicted molar refractivity (Wildman–Crippen MR) is 122 cm³/mol. The zero-order valence-corrected chi connectivity index (χ0v) is 18.1. The first-order valence-electron chi connectivity index (χ1n) is 10.6. The fourth-order valence-corrected chi connectivity index (χ4v) is 4.09. The largest absolute Gasteiger partial charge is 0.387 e. The minimum atomic E-state index is -0.669. The summed E-state index contributed by atoms with van der Waals surface area (Å²) in [6.45, 7) is 2.07. The van der Waals surface area contributed by atoms with Gasteiger partial charge in [0.2, 0.25) is 5.91 Å². The molecule has 0 radical (unpaired) electrons. The van der Waals surface area contributed by atoms with Gasteiger partial charge in [0.1, 0.15) is 6.61 Å². The number of nitrogens with one attached hydrogen (secondary N) is 2. The number of H-pyrrole nitrogens is 1. The lowest BCUT2D eigenvalue weighted by atomic mass is 10.1. The first-order chi connectivity index (χ1) is 15.9. The van der Waals surface area contributed by atoms with Crippen molar-refractivity contribution < 1.29 is 24.3 Å². The highest BCUT2D eigenvalue weighted by Gasteiger charge is 2.34. The molecular weight excluding hydrogens is 424 g/mol. The third-order valence-corrected chi connectivity index (χ3v) is 5.77. The Morgan fingerprint density at radius 1 is 1.06 bits per heavy atom. The van der Waals surface area contributed by atoms with Crippen molar-refractivity contribution in [2.24, 2.45) is 0 Å². The van der Waals surface area contributed by atoms with Gasteiger partial charge in [-0.15, -0.1) is 0 Å². The fourth-order valence-electron chi connectivity index (χ4n) is 4.09. The van der Waals surface area contributed by atoms with Gasteiger partial charge in [-0.05, 0) is 25.1 Å². The molecule has 0 unspecified atom stereocenters. The third-order valence-electron chi connectivity index (χ3n) is 5.77. The van der Waals surface area contributed by atoms with E-state index in [0.29, 0.717) is 35.2 Å². The van der Waals surface area contributed by atoms with Crippen LogP contribution in [0.5, 0.6) is 0 Å². The average Bonchev–Trinajstić information content (AvgIpc) is 3.28. The van der Waals surface area contributed by atoms with Gasteiger partial charge in [-0.25, -0.2) is 0 Å². The van der Waals surface area contributed by atoms with Crippen LogP contribution in [0.3, 0.4) is 0 Å². The quantitative estimate of drug-likeness (QED) is 0.405. The predicted octanol–water partition coefficient (Wildman–Crippen LogP) is 1.65. The topological polar surface area (TPSA) is 123 Å². The Balaban J connectivity index is 1.49. The second-order valence-electron chi connectivity index (χ2n) is 7.93. The van der Waals surface area contributed by atoms with Crippen molar-refractivity contribution >= 4 is 40.1 Å². The van der Waals surface area contributed by atoms with E-state index in [1.54, 1.807) is 47.4 Å². The first kappa shape index (κ1) is 22.2. The van der Waals surface area contributed by atoms with E-state index in [-0.39, 0.29) is 24.1 Å². The van der Waals surface area contributed by atoms with E-state index in [2.05, 4.69) is 10.3 Å². The highest BCUT2D eigenvalue weighted by molar-refractivity contribution is 6.45. The Kier molecular flexibility index (Phi) is 6.23. The number of nitrogens with zero attached hydrogens (tertiary/aromatic N) is 2. The number of benzene rings is 2. The van der Waals surface area contributed by atoms with Crippen molar-refractivity contribution in [1.29, 1.82) is 0 Å². The molecule has 9 nitrogen and oxygen atoms in total. The van der Waals surface area contributed by atoms with Crippen LogP contribution in [0.4, 0.5) is 5.69 Å². The summed E-state index contributed by atoms with van der Waals surface area (Å²) in [6.07, 6.45) is 1.44. The lowest BCUT2D eigenvalue weighted by molar-refractivity contribution is -0.130. The molecule has 1 aliphatic rings. The summed E-state index contributed by atoms with van der Waals surface area (Å²) in [5.41, 5.74) is 1.68. The van der Waals surface area contributed by atoms with Gasteiger partial charge in [0.05, 0.1) is 16.8 Å². The van der Waals surface area contributed by atoms with Gasteiger partial charge in [-0.3, -0.25) is 19.2 Å². The molecule has 3 N–H and O–H groups in total. The van der Waals surface area contributed by atoms with Crippen molar-refractivity contribution in [3.8, 4) is 0 Å². The number of hydrogen-bond donors (Lipinski definition) is 3. The second kappa shape index (κ2) is 9.25.